The molecule has 4 aliphatic rings. The molecular weight excluding hydrogens is 834 g/mol. The summed E-state index contributed by atoms with van der Waals surface area (Å²) in [5.41, 5.74) is 24.3. The van der Waals surface area contributed by atoms with E-state index >= 15 is 0 Å². The Kier molecular flexibility index (Phi) is 9.85. The van der Waals surface area contributed by atoms with E-state index in [-0.39, 0.29) is 28.5 Å². The largest absolute Gasteiger partial charge is 0.334 e. The molecule has 2 atom stereocenters. The van der Waals surface area contributed by atoms with Crippen molar-refractivity contribution in [3.05, 3.63) is 198 Å². The van der Waals surface area contributed by atoms with Gasteiger partial charge in [-0.3, -0.25) is 0 Å². The number of hydrogen-bond donors (Lipinski definition) is 0. The van der Waals surface area contributed by atoms with E-state index in [2.05, 4.69) is 253 Å². The van der Waals surface area contributed by atoms with Gasteiger partial charge in [0.25, 0.3) is 6.71 Å². The van der Waals surface area contributed by atoms with Crippen molar-refractivity contribution in [2.45, 2.75) is 110 Å². The van der Waals surface area contributed by atoms with Crippen LogP contribution in [-0.2, 0) is 16.2 Å². The Hall–Kier alpha value is -6.78. The van der Waals surface area contributed by atoms with Crippen molar-refractivity contribution in [1.29, 1.82) is 0 Å². The normalized spacial score (nSPS) is 19.1. The van der Waals surface area contributed by atoms with E-state index < -0.39 is 0 Å². The smallest absolute Gasteiger partial charge is 0.252 e. The lowest BCUT2D eigenvalue weighted by Gasteiger charge is -2.50. The van der Waals surface area contributed by atoms with Gasteiger partial charge in [0.15, 0.2) is 0 Å². The Bertz CT molecular complexity index is 3310. The fraction of sp³-hybridized carbons (Fsp3) is 0.262. The summed E-state index contributed by atoms with van der Waals surface area (Å²) in [7, 11) is 0. The first-order chi connectivity index (χ1) is 33.1. The summed E-state index contributed by atoms with van der Waals surface area (Å²) in [6, 6.07) is 67.6. The van der Waals surface area contributed by atoms with Crippen LogP contribution in [0.25, 0.3) is 22.3 Å². The topological polar surface area (TPSA) is 9.72 Å². The lowest BCUT2D eigenvalue weighted by atomic mass is 9.33. The number of benzene rings is 8. The van der Waals surface area contributed by atoms with E-state index in [1.54, 1.807) is 0 Å². The molecule has 1 fully saturated rings. The van der Waals surface area contributed by atoms with E-state index in [0.29, 0.717) is 0 Å². The monoisotopic (exact) mass is 898 g/mol. The first-order valence-corrected chi connectivity index (χ1v) is 25.4. The van der Waals surface area contributed by atoms with E-state index in [0.717, 1.165) is 6.42 Å². The Morgan fingerprint density at radius 2 is 1.06 bits per heavy atom. The summed E-state index contributed by atoms with van der Waals surface area (Å²) >= 11 is 0. The zero-order valence-electron chi connectivity index (χ0n) is 42.0. The van der Waals surface area contributed by atoms with Gasteiger partial charge in [-0.1, -0.05) is 177 Å². The van der Waals surface area contributed by atoms with Crippen LogP contribution < -0.4 is 31.1 Å². The van der Waals surface area contributed by atoms with E-state index in [9.17, 15) is 0 Å². The van der Waals surface area contributed by atoms with Crippen LogP contribution in [0.1, 0.15) is 103 Å². The predicted octanol–water partition coefficient (Wildman–Crippen LogP) is 15.7. The van der Waals surface area contributed by atoms with Gasteiger partial charge in [0.1, 0.15) is 0 Å². The summed E-state index contributed by atoms with van der Waals surface area (Å²) in [4.78, 5) is 7.96. The van der Waals surface area contributed by atoms with Gasteiger partial charge in [-0.25, -0.2) is 0 Å². The molecule has 0 bridgehead atoms. The molecule has 0 N–H and O–H groups in total. The molecule has 0 aromatic heterocycles. The molecule has 8 aromatic carbocycles. The van der Waals surface area contributed by atoms with Gasteiger partial charge in [0.05, 0.1) is 11.2 Å². The molecule has 4 heteroatoms. The molecule has 8 aromatic rings. The van der Waals surface area contributed by atoms with Crippen LogP contribution in [0.5, 0.6) is 0 Å². The first kappa shape index (κ1) is 43.5. The quantitative estimate of drug-likeness (QED) is 0.159. The van der Waals surface area contributed by atoms with Crippen LogP contribution in [0, 0.1) is 6.92 Å². The minimum atomic E-state index is -0.0553. The van der Waals surface area contributed by atoms with Gasteiger partial charge in [-0.2, -0.15) is 0 Å². The number of para-hydroxylation sites is 1. The Morgan fingerprint density at radius 1 is 0.449 bits per heavy atom. The molecule has 2 unspecified atom stereocenters. The third-order valence-corrected chi connectivity index (χ3v) is 16.8. The second kappa shape index (κ2) is 15.6. The fourth-order valence-electron chi connectivity index (χ4n) is 12.9. The average Bonchev–Trinajstić information content (AvgIpc) is 3.56. The number of hydrogen-bond acceptors (Lipinski definition) is 3. The van der Waals surface area contributed by atoms with E-state index in [1.165, 1.54) is 126 Å². The maximum atomic E-state index is 2.75. The van der Waals surface area contributed by atoms with Crippen LogP contribution in [0.15, 0.2) is 176 Å². The molecule has 12 rings (SSSR count). The molecule has 3 nitrogen and oxygen atoms in total. The summed E-state index contributed by atoms with van der Waals surface area (Å²) in [6.45, 7) is 21.3. The molecule has 0 spiro atoms. The highest BCUT2D eigenvalue weighted by molar-refractivity contribution is 7.00. The third-order valence-electron chi connectivity index (χ3n) is 16.8. The van der Waals surface area contributed by atoms with Crippen molar-refractivity contribution in [1.82, 2.24) is 0 Å². The highest BCUT2D eigenvalue weighted by Gasteiger charge is 2.58. The van der Waals surface area contributed by atoms with Gasteiger partial charge in [0.2, 0.25) is 0 Å². The zero-order valence-corrected chi connectivity index (χ0v) is 42.0. The maximum Gasteiger partial charge on any atom is 0.252 e. The van der Waals surface area contributed by atoms with Crippen LogP contribution in [0.4, 0.5) is 45.5 Å². The zero-order chi connectivity index (χ0) is 47.6. The van der Waals surface area contributed by atoms with Gasteiger partial charge in [0, 0.05) is 50.8 Å². The number of aryl methyl sites for hydroxylation is 1. The third kappa shape index (κ3) is 6.69. The molecule has 0 radical (unpaired) electrons. The molecule has 342 valence electrons. The minimum absolute atomic E-state index is 0.0180. The number of rotatable bonds is 5. The van der Waals surface area contributed by atoms with Gasteiger partial charge >= 0.3 is 0 Å². The van der Waals surface area contributed by atoms with Gasteiger partial charge < -0.3 is 14.7 Å². The van der Waals surface area contributed by atoms with Crippen LogP contribution in [-0.4, -0.2) is 12.3 Å². The Morgan fingerprint density at radius 3 is 1.77 bits per heavy atom. The molecular formula is C65H64BN3. The number of fused-ring (bicyclic) bond motifs is 7. The fourth-order valence-corrected chi connectivity index (χ4v) is 12.9. The maximum absolute atomic E-state index is 2.75. The summed E-state index contributed by atoms with van der Waals surface area (Å²) in [6.07, 6.45) is 4.88. The molecule has 0 amide bonds. The second-order valence-corrected chi connectivity index (χ2v) is 23.0. The van der Waals surface area contributed by atoms with E-state index in [4.69, 9.17) is 0 Å². The molecule has 1 aliphatic carbocycles. The molecule has 69 heavy (non-hydrogen) atoms. The van der Waals surface area contributed by atoms with Crippen LogP contribution in [0.2, 0.25) is 0 Å². The highest BCUT2D eigenvalue weighted by Crippen LogP contribution is 2.61. The lowest BCUT2D eigenvalue weighted by molar-refractivity contribution is 0.195. The molecule has 1 saturated carbocycles. The second-order valence-electron chi connectivity index (χ2n) is 23.0. The highest BCUT2D eigenvalue weighted by atomic mass is 15.3. The first-order valence-electron chi connectivity index (χ1n) is 25.4. The number of nitrogens with zero attached hydrogens (tertiary/aromatic N) is 3. The van der Waals surface area contributed by atoms with E-state index in [1.807, 2.05) is 0 Å². The number of anilines is 8. The van der Waals surface area contributed by atoms with Gasteiger partial charge in [-0.15, -0.1) is 0 Å². The van der Waals surface area contributed by atoms with Gasteiger partial charge in [-0.05, 0) is 154 Å². The summed E-state index contributed by atoms with van der Waals surface area (Å²) < 4.78 is 0. The Labute approximate surface area is 411 Å². The molecule has 0 saturated heterocycles. The molecule has 3 heterocycles. The van der Waals surface area contributed by atoms with Crippen LogP contribution in [0.3, 0.4) is 0 Å². The van der Waals surface area contributed by atoms with Crippen LogP contribution >= 0.6 is 0 Å². The summed E-state index contributed by atoms with van der Waals surface area (Å²) in [5, 5.41) is 0. The van der Waals surface area contributed by atoms with Crippen molar-refractivity contribution in [3.8, 4) is 22.3 Å². The van der Waals surface area contributed by atoms with Crippen molar-refractivity contribution < 1.29 is 0 Å². The van der Waals surface area contributed by atoms with Crippen molar-refractivity contribution in [3.63, 3.8) is 0 Å². The lowest BCUT2D eigenvalue weighted by Crippen LogP contribution is -2.61. The van der Waals surface area contributed by atoms with Crippen molar-refractivity contribution >= 4 is 68.6 Å². The Balaban J connectivity index is 1.15. The SMILES string of the molecule is Cc1cc2c3c(c1)N(c1ccc(C(C)(C)C)cc1-c1ccccc1)c1ccc(-c4ccccc4)cc1B3c1ccc(N3c4ccccc4C4(C)CCCCC34C)cc1N2c1ccc(C(C)(C)C)cc1. The minimum Gasteiger partial charge on any atom is -0.334 e. The van der Waals surface area contributed by atoms with Crippen molar-refractivity contribution in [2.24, 2.45) is 0 Å². The van der Waals surface area contributed by atoms with Crippen molar-refractivity contribution in [2.75, 3.05) is 14.7 Å². The summed E-state index contributed by atoms with van der Waals surface area (Å²) in [5.74, 6) is 0. The molecule has 3 aliphatic heterocycles. The standard InChI is InChI=1S/C65H64BN3/c1-43-38-59-61-60(39-43)68(55-35-29-48(63(5,6)7)41-51(55)45-22-14-11-15-23-45)57-34-26-46(44-20-12-10-13-21-44)40-54(57)66(61)53-33-32-50(42-58(53)67(59)49-30-27-47(28-31-49)62(2,3)4)69-56-25-17-16-24-52(56)64(8)36-18-19-37-65(64,69)9/h10-17,20-35,38-42H,18-19,36-37H2,1-9H3. The average molecular weight is 898 g/mol. The predicted molar refractivity (Wildman–Crippen MR) is 296 cm³/mol.